The summed E-state index contributed by atoms with van der Waals surface area (Å²) in [5.74, 6) is -1.77. The summed E-state index contributed by atoms with van der Waals surface area (Å²) >= 11 is 0. The standard InChI is InChI=1S/C11H14N2O4/c1-5-10(16)6(8(14)3-12)2-7(11(5)17)9(15)4-13/h2,16-17H,3-4,12-13H2,1H3. The van der Waals surface area contributed by atoms with E-state index in [2.05, 4.69) is 0 Å². The minimum Gasteiger partial charge on any atom is -0.507 e. The fourth-order valence-corrected chi connectivity index (χ4v) is 1.44. The summed E-state index contributed by atoms with van der Waals surface area (Å²) in [6, 6.07) is 1.11. The molecule has 6 nitrogen and oxygen atoms in total. The van der Waals surface area contributed by atoms with E-state index in [4.69, 9.17) is 11.5 Å². The second-order valence-electron chi connectivity index (χ2n) is 3.55. The maximum atomic E-state index is 11.5. The third-order valence-corrected chi connectivity index (χ3v) is 2.48. The number of hydrogen-bond donors (Lipinski definition) is 4. The first-order chi connectivity index (χ1) is 7.93. The lowest BCUT2D eigenvalue weighted by Gasteiger charge is -2.11. The Labute approximate surface area is 97.8 Å². The van der Waals surface area contributed by atoms with Gasteiger partial charge in [-0.2, -0.15) is 0 Å². The summed E-state index contributed by atoms with van der Waals surface area (Å²) in [6.07, 6.45) is 0. The van der Waals surface area contributed by atoms with Gasteiger partial charge in [-0.1, -0.05) is 0 Å². The van der Waals surface area contributed by atoms with E-state index in [1.54, 1.807) is 0 Å². The molecule has 6 N–H and O–H groups in total. The van der Waals surface area contributed by atoms with Crippen LogP contribution in [-0.4, -0.2) is 34.9 Å². The molecule has 0 unspecified atom stereocenters. The zero-order chi connectivity index (χ0) is 13.2. The Morgan fingerprint density at radius 3 is 1.71 bits per heavy atom. The molecule has 0 aliphatic carbocycles. The van der Waals surface area contributed by atoms with Gasteiger partial charge in [0, 0.05) is 5.56 Å². The number of ketones is 2. The monoisotopic (exact) mass is 238 g/mol. The van der Waals surface area contributed by atoms with E-state index in [0.29, 0.717) is 0 Å². The van der Waals surface area contributed by atoms with Crippen molar-refractivity contribution >= 4 is 11.6 Å². The van der Waals surface area contributed by atoms with Gasteiger partial charge in [-0.3, -0.25) is 9.59 Å². The normalized spacial score (nSPS) is 10.3. The van der Waals surface area contributed by atoms with Crippen LogP contribution in [-0.2, 0) is 0 Å². The van der Waals surface area contributed by atoms with Gasteiger partial charge in [0.1, 0.15) is 11.5 Å². The third-order valence-electron chi connectivity index (χ3n) is 2.48. The second-order valence-corrected chi connectivity index (χ2v) is 3.55. The van der Waals surface area contributed by atoms with Crippen LogP contribution in [0, 0.1) is 6.92 Å². The molecule has 0 heterocycles. The molecule has 1 aromatic carbocycles. The van der Waals surface area contributed by atoms with Crippen LogP contribution < -0.4 is 11.5 Å². The highest BCUT2D eigenvalue weighted by Crippen LogP contribution is 2.33. The maximum absolute atomic E-state index is 11.5. The lowest BCUT2D eigenvalue weighted by atomic mass is 9.98. The molecule has 0 aliphatic rings. The summed E-state index contributed by atoms with van der Waals surface area (Å²) in [4.78, 5) is 22.9. The molecule has 17 heavy (non-hydrogen) atoms. The van der Waals surface area contributed by atoms with Crippen LogP contribution >= 0.6 is 0 Å². The van der Waals surface area contributed by atoms with E-state index >= 15 is 0 Å². The van der Waals surface area contributed by atoms with Gasteiger partial charge >= 0.3 is 0 Å². The van der Waals surface area contributed by atoms with Gasteiger partial charge in [0.05, 0.1) is 24.2 Å². The van der Waals surface area contributed by atoms with Crippen molar-refractivity contribution < 1.29 is 19.8 Å². The number of rotatable bonds is 4. The van der Waals surface area contributed by atoms with Crippen LogP contribution in [0.1, 0.15) is 26.3 Å². The van der Waals surface area contributed by atoms with Crippen molar-refractivity contribution in [1.82, 2.24) is 0 Å². The first-order valence-corrected chi connectivity index (χ1v) is 4.96. The number of benzene rings is 1. The van der Waals surface area contributed by atoms with Crippen LogP contribution in [0.25, 0.3) is 0 Å². The van der Waals surface area contributed by atoms with Crippen molar-refractivity contribution in [3.63, 3.8) is 0 Å². The topological polar surface area (TPSA) is 127 Å². The lowest BCUT2D eigenvalue weighted by molar-refractivity contribution is 0.0998. The molecule has 0 atom stereocenters. The average Bonchev–Trinajstić information content (AvgIpc) is 2.34. The molecule has 0 aliphatic heterocycles. The van der Waals surface area contributed by atoms with Crippen LogP contribution in [0.2, 0.25) is 0 Å². The lowest BCUT2D eigenvalue weighted by Crippen LogP contribution is -2.17. The van der Waals surface area contributed by atoms with Gasteiger partial charge in [0.25, 0.3) is 0 Å². The van der Waals surface area contributed by atoms with Gasteiger partial charge < -0.3 is 21.7 Å². The number of nitrogens with two attached hydrogens (primary N) is 2. The van der Waals surface area contributed by atoms with Crippen molar-refractivity contribution in [1.29, 1.82) is 0 Å². The molecule has 0 spiro atoms. The van der Waals surface area contributed by atoms with Gasteiger partial charge in [0.2, 0.25) is 0 Å². The third kappa shape index (κ3) is 2.27. The Hall–Kier alpha value is -1.92. The number of aromatic hydroxyl groups is 2. The van der Waals surface area contributed by atoms with Crippen LogP contribution in [0.4, 0.5) is 0 Å². The molecule has 0 saturated heterocycles. The number of hydrogen-bond acceptors (Lipinski definition) is 6. The largest absolute Gasteiger partial charge is 0.507 e. The quantitative estimate of drug-likeness (QED) is 0.533. The smallest absolute Gasteiger partial charge is 0.180 e. The van der Waals surface area contributed by atoms with Crippen molar-refractivity contribution in [2.24, 2.45) is 11.5 Å². The van der Waals surface area contributed by atoms with E-state index in [0.717, 1.165) is 6.07 Å². The first-order valence-electron chi connectivity index (χ1n) is 4.96. The minimum absolute atomic E-state index is 0.0566. The zero-order valence-electron chi connectivity index (χ0n) is 9.36. The fourth-order valence-electron chi connectivity index (χ4n) is 1.44. The Balaban J connectivity index is 3.49. The number of phenols is 2. The Morgan fingerprint density at radius 1 is 1.06 bits per heavy atom. The molecule has 0 bridgehead atoms. The van der Waals surface area contributed by atoms with Gasteiger partial charge in [-0.05, 0) is 13.0 Å². The summed E-state index contributed by atoms with van der Waals surface area (Å²) in [5, 5.41) is 19.4. The number of Topliss-reactive ketones (excluding diaryl/α,β-unsaturated/α-hetero) is 2. The van der Waals surface area contributed by atoms with E-state index < -0.39 is 11.6 Å². The van der Waals surface area contributed by atoms with Gasteiger partial charge in [0.15, 0.2) is 11.6 Å². The summed E-state index contributed by atoms with van der Waals surface area (Å²) < 4.78 is 0. The number of phenolic OH excluding ortho intramolecular Hbond substituents is 2. The molecule has 92 valence electrons. The summed E-state index contributed by atoms with van der Waals surface area (Å²) in [7, 11) is 0. The molecule has 1 aromatic rings. The zero-order valence-corrected chi connectivity index (χ0v) is 9.36. The van der Waals surface area contributed by atoms with Crippen molar-refractivity contribution in [2.75, 3.05) is 13.1 Å². The van der Waals surface area contributed by atoms with E-state index in [1.807, 2.05) is 0 Å². The van der Waals surface area contributed by atoms with Crippen LogP contribution in [0.3, 0.4) is 0 Å². The van der Waals surface area contributed by atoms with Gasteiger partial charge in [-0.25, -0.2) is 0 Å². The molecular formula is C11H14N2O4. The van der Waals surface area contributed by atoms with Crippen molar-refractivity contribution in [3.8, 4) is 11.5 Å². The van der Waals surface area contributed by atoms with E-state index in [1.165, 1.54) is 6.92 Å². The van der Waals surface area contributed by atoms with E-state index in [-0.39, 0.29) is 41.3 Å². The highest BCUT2D eigenvalue weighted by Gasteiger charge is 2.21. The number of carbonyl (C=O) groups excluding carboxylic acids is 2. The minimum atomic E-state index is -0.517. The Kier molecular flexibility index (Phi) is 3.82. The SMILES string of the molecule is Cc1c(O)c(C(=O)CN)cc(C(=O)CN)c1O. The molecule has 0 saturated carbocycles. The molecule has 6 heteroatoms. The molecule has 0 fully saturated rings. The second kappa shape index (κ2) is 4.94. The molecule has 0 aromatic heterocycles. The fraction of sp³-hybridized carbons (Fsp3) is 0.273. The molecular weight excluding hydrogens is 224 g/mol. The number of carbonyl (C=O) groups is 2. The maximum Gasteiger partial charge on any atom is 0.180 e. The average molecular weight is 238 g/mol. The first kappa shape index (κ1) is 13.1. The van der Waals surface area contributed by atoms with Crippen molar-refractivity contribution in [3.05, 3.63) is 22.8 Å². The molecule has 0 amide bonds. The van der Waals surface area contributed by atoms with Crippen molar-refractivity contribution in [2.45, 2.75) is 6.92 Å². The van der Waals surface area contributed by atoms with Crippen LogP contribution in [0.5, 0.6) is 11.5 Å². The van der Waals surface area contributed by atoms with Crippen LogP contribution in [0.15, 0.2) is 6.07 Å². The predicted molar refractivity (Wildman–Crippen MR) is 61.3 cm³/mol. The Morgan fingerprint density at radius 2 is 1.41 bits per heavy atom. The Bertz CT molecular complexity index is 443. The summed E-state index contributed by atoms with van der Waals surface area (Å²) in [6.45, 7) is 0.799. The highest BCUT2D eigenvalue weighted by atomic mass is 16.3. The highest BCUT2D eigenvalue weighted by molar-refractivity contribution is 6.06. The molecule has 1 rings (SSSR count). The van der Waals surface area contributed by atoms with Gasteiger partial charge in [-0.15, -0.1) is 0 Å². The van der Waals surface area contributed by atoms with E-state index in [9.17, 15) is 19.8 Å². The predicted octanol–water partition coefficient (Wildman–Crippen LogP) is -0.311. The molecule has 0 radical (unpaired) electrons. The summed E-state index contributed by atoms with van der Waals surface area (Å²) in [5.41, 5.74) is 10.3.